The number of rotatable bonds is 4. The Hall–Kier alpha value is -1.56. The molecule has 0 fully saturated rings. The van der Waals surface area contributed by atoms with Gasteiger partial charge in [-0.25, -0.2) is 0 Å². The summed E-state index contributed by atoms with van der Waals surface area (Å²) in [6.07, 6.45) is -0.632. The van der Waals surface area contributed by atoms with Crippen LogP contribution in [0.3, 0.4) is 0 Å². The van der Waals surface area contributed by atoms with Gasteiger partial charge in [-0.3, -0.25) is 9.48 Å². The fraction of sp³-hybridized carbons (Fsp3) is 0.667. The smallest absolute Gasteiger partial charge is 0.242 e. The fourth-order valence-electron chi connectivity index (χ4n) is 1.50. The summed E-state index contributed by atoms with van der Waals surface area (Å²) in [5.41, 5.74) is 7.23. The van der Waals surface area contributed by atoms with E-state index in [1.165, 1.54) is 0 Å². The van der Waals surface area contributed by atoms with Gasteiger partial charge in [0.15, 0.2) is 0 Å². The number of hydrogen-bond donors (Lipinski definition) is 3. The third kappa shape index (κ3) is 3.01. The molecular weight excluding hydrogens is 232 g/mol. The highest BCUT2D eigenvalue weighted by Crippen LogP contribution is 2.15. The number of aliphatic hydroxyl groups is 1. The number of anilines is 1. The Balaban J connectivity index is 2.74. The van der Waals surface area contributed by atoms with Crippen molar-refractivity contribution in [1.29, 1.82) is 0 Å². The van der Waals surface area contributed by atoms with E-state index in [1.54, 1.807) is 32.4 Å². The predicted octanol–water partition coefficient (Wildman–Crippen LogP) is 0.358. The van der Waals surface area contributed by atoms with E-state index >= 15 is 0 Å². The molecule has 0 spiro atoms. The summed E-state index contributed by atoms with van der Waals surface area (Å²) >= 11 is 0. The van der Waals surface area contributed by atoms with Crippen LogP contribution in [0.1, 0.15) is 32.2 Å². The maximum Gasteiger partial charge on any atom is 0.242 e. The SMILES string of the molecule is Cc1nn(CC(=O)NC(C)(C)C(C)O)c(C)c1N. The monoisotopic (exact) mass is 254 g/mol. The van der Waals surface area contributed by atoms with Gasteiger partial charge in [-0.05, 0) is 34.6 Å². The molecule has 0 aliphatic heterocycles. The Labute approximate surface area is 107 Å². The molecule has 1 atom stereocenters. The molecule has 1 amide bonds. The Kier molecular flexibility index (Phi) is 4.01. The van der Waals surface area contributed by atoms with Crippen molar-refractivity contribution in [3.05, 3.63) is 11.4 Å². The maximum absolute atomic E-state index is 11.9. The molecular formula is C12H22N4O2. The van der Waals surface area contributed by atoms with E-state index < -0.39 is 11.6 Å². The summed E-state index contributed by atoms with van der Waals surface area (Å²) in [5, 5.41) is 16.5. The van der Waals surface area contributed by atoms with Crippen molar-refractivity contribution < 1.29 is 9.90 Å². The number of nitrogens with one attached hydrogen (secondary N) is 1. The Morgan fingerprint density at radius 3 is 2.50 bits per heavy atom. The van der Waals surface area contributed by atoms with Crippen molar-refractivity contribution in [2.75, 3.05) is 5.73 Å². The van der Waals surface area contributed by atoms with Crippen molar-refractivity contribution in [1.82, 2.24) is 15.1 Å². The number of amides is 1. The Bertz CT molecular complexity index is 449. The van der Waals surface area contributed by atoms with E-state index in [9.17, 15) is 9.90 Å². The second kappa shape index (κ2) is 4.97. The van der Waals surface area contributed by atoms with Crippen LogP contribution in [0.2, 0.25) is 0 Å². The Morgan fingerprint density at radius 1 is 1.56 bits per heavy atom. The van der Waals surface area contributed by atoms with E-state index in [1.807, 2.05) is 6.92 Å². The molecule has 0 saturated carbocycles. The largest absolute Gasteiger partial charge is 0.396 e. The molecule has 0 saturated heterocycles. The zero-order valence-corrected chi connectivity index (χ0v) is 11.6. The van der Waals surface area contributed by atoms with Gasteiger partial charge in [-0.15, -0.1) is 0 Å². The number of nitrogen functional groups attached to an aromatic ring is 1. The van der Waals surface area contributed by atoms with Crippen LogP contribution in [0.25, 0.3) is 0 Å². The average molecular weight is 254 g/mol. The minimum Gasteiger partial charge on any atom is -0.396 e. The lowest BCUT2D eigenvalue weighted by atomic mass is 9.99. The molecule has 6 heteroatoms. The number of aromatic nitrogens is 2. The minimum absolute atomic E-state index is 0.0972. The molecule has 4 N–H and O–H groups in total. The van der Waals surface area contributed by atoms with Crippen molar-refractivity contribution in [2.45, 2.75) is 52.8 Å². The zero-order valence-electron chi connectivity index (χ0n) is 11.6. The Morgan fingerprint density at radius 2 is 2.11 bits per heavy atom. The van der Waals surface area contributed by atoms with Crippen LogP contribution >= 0.6 is 0 Å². The summed E-state index contributed by atoms with van der Waals surface area (Å²) in [6, 6.07) is 0. The molecule has 0 aromatic carbocycles. The molecule has 1 rings (SSSR count). The van der Waals surface area contributed by atoms with Gasteiger partial charge in [0, 0.05) is 0 Å². The molecule has 1 heterocycles. The van der Waals surface area contributed by atoms with E-state index in [-0.39, 0.29) is 12.5 Å². The average Bonchev–Trinajstić information content (AvgIpc) is 2.45. The van der Waals surface area contributed by atoms with Crippen molar-refractivity contribution in [3.63, 3.8) is 0 Å². The van der Waals surface area contributed by atoms with Gasteiger partial charge in [0.2, 0.25) is 5.91 Å². The van der Waals surface area contributed by atoms with Gasteiger partial charge in [0.1, 0.15) is 6.54 Å². The lowest BCUT2D eigenvalue weighted by Crippen LogP contribution is -2.51. The number of hydrogen-bond acceptors (Lipinski definition) is 4. The van der Waals surface area contributed by atoms with Gasteiger partial charge in [0.25, 0.3) is 0 Å². The first kappa shape index (κ1) is 14.5. The summed E-state index contributed by atoms with van der Waals surface area (Å²) in [5.74, 6) is -0.202. The molecule has 0 radical (unpaired) electrons. The number of aliphatic hydroxyl groups excluding tert-OH is 1. The van der Waals surface area contributed by atoms with Crippen LogP contribution in [-0.2, 0) is 11.3 Å². The number of carbonyl (C=O) groups excluding carboxylic acids is 1. The molecule has 1 unspecified atom stereocenters. The van der Waals surface area contributed by atoms with Gasteiger partial charge in [-0.2, -0.15) is 5.10 Å². The summed E-state index contributed by atoms with van der Waals surface area (Å²) in [6.45, 7) is 8.90. The molecule has 1 aromatic rings. The number of carbonyl (C=O) groups is 1. The van der Waals surface area contributed by atoms with Gasteiger partial charge >= 0.3 is 0 Å². The van der Waals surface area contributed by atoms with Crippen LogP contribution in [-0.4, -0.2) is 32.4 Å². The zero-order chi connectivity index (χ0) is 14.1. The molecule has 0 aliphatic rings. The third-order valence-electron chi connectivity index (χ3n) is 3.24. The predicted molar refractivity (Wildman–Crippen MR) is 70.0 cm³/mol. The molecule has 6 nitrogen and oxygen atoms in total. The van der Waals surface area contributed by atoms with Gasteiger partial charge in [0.05, 0.1) is 28.7 Å². The highest BCUT2D eigenvalue weighted by atomic mass is 16.3. The van der Waals surface area contributed by atoms with Crippen molar-refractivity contribution in [2.24, 2.45) is 0 Å². The molecule has 0 aliphatic carbocycles. The van der Waals surface area contributed by atoms with Crippen LogP contribution in [0.4, 0.5) is 5.69 Å². The van der Waals surface area contributed by atoms with Crippen LogP contribution < -0.4 is 11.1 Å². The first-order valence-corrected chi connectivity index (χ1v) is 5.93. The standard InChI is InChI=1S/C12H22N4O2/c1-7-11(13)8(2)16(15-7)6-10(18)14-12(4,5)9(3)17/h9,17H,6,13H2,1-5H3,(H,14,18). The van der Waals surface area contributed by atoms with Gasteiger partial charge < -0.3 is 16.2 Å². The highest BCUT2D eigenvalue weighted by molar-refractivity contribution is 5.76. The first-order chi connectivity index (χ1) is 8.15. The summed E-state index contributed by atoms with van der Waals surface area (Å²) < 4.78 is 1.57. The van der Waals surface area contributed by atoms with E-state index in [0.29, 0.717) is 5.69 Å². The molecule has 1 aromatic heterocycles. The third-order valence-corrected chi connectivity index (χ3v) is 3.24. The quantitative estimate of drug-likeness (QED) is 0.723. The molecule has 18 heavy (non-hydrogen) atoms. The second-order valence-electron chi connectivity index (χ2n) is 5.19. The molecule has 102 valence electrons. The van der Waals surface area contributed by atoms with Crippen molar-refractivity contribution in [3.8, 4) is 0 Å². The van der Waals surface area contributed by atoms with E-state index in [0.717, 1.165) is 11.4 Å². The number of aryl methyl sites for hydroxylation is 1. The number of nitrogens with zero attached hydrogens (tertiary/aromatic N) is 2. The van der Waals surface area contributed by atoms with Crippen LogP contribution in [0, 0.1) is 13.8 Å². The lowest BCUT2D eigenvalue weighted by molar-refractivity contribution is -0.124. The topological polar surface area (TPSA) is 93.2 Å². The van der Waals surface area contributed by atoms with Crippen molar-refractivity contribution >= 4 is 11.6 Å². The highest BCUT2D eigenvalue weighted by Gasteiger charge is 2.26. The van der Waals surface area contributed by atoms with Crippen LogP contribution in [0.5, 0.6) is 0 Å². The summed E-state index contributed by atoms with van der Waals surface area (Å²) in [7, 11) is 0. The second-order valence-corrected chi connectivity index (χ2v) is 5.19. The van der Waals surface area contributed by atoms with E-state index in [4.69, 9.17) is 5.73 Å². The summed E-state index contributed by atoms with van der Waals surface area (Å²) in [4.78, 5) is 11.9. The minimum atomic E-state index is -0.668. The molecule has 0 bridgehead atoms. The van der Waals surface area contributed by atoms with Crippen LogP contribution in [0.15, 0.2) is 0 Å². The van der Waals surface area contributed by atoms with E-state index in [2.05, 4.69) is 10.4 Å². The fourth-order valence-corrected chi connectivity index (χ4v) is 1.50. The number of nitrogens with two attached hydrogens (primary N) is 1. The first-order valence-electron chi connectivity index (χ1n) is 5.93. The lowest BCUT2D eigenvalue weighted by Gasteiger charge is -2.29. The maximum atomic E-state index is 11.9. The van der Waals surface area contributed by atoms with Gasteiger partial charge in [-0.1, -0.05) is 0 Å². The normalized spacial score (nSPS) is 13.4.